The van der Waals surface area contributed by atoms with E-state index in [9.17, 15) is 38.2 Å². The van der Waals surface area contributed by atoms with Gasteiger partial charge in [-0.15, -0.1) is 0 Å². The molecule has 1 saturated heterocycles. The lowest BCUT2D eigenvalue weighted by Gasteiger charge is -2.41. The number of hydrogen-bond acceptors (Lipinski definition) is 10. The van der Waals surface area contributed by atoms with Crippen LogP contribution in [0.15, 0.2) is 0 Å². The largest absolute Gasteiger partial charge is 0.397 e. The van der Waals surface area contributed by atoms with Gasteiger partial charge < -0.3 is 35.2 Å². The maximum absolute atomic E-state index is 13.1. The topological polar surface area (TPSA) is 192 Å². The fraction of sp³-hybridized carbons (Fsp3) is 0.982. The second kappa shape index (κ2) is 47.8. The van der Waals surface area contributed by atoms with Crippen LogP contribution in [-0.4, -0.2) is 95.4 Å². The van der Waals surface area contributed by atoms with Crippen molar-refractivity contribution >= 4 is 16.3 Å². The Morgan fingerprint density at radius 1 is 0.514 bits per heavy atom. The first-order valence-electron chi connectivity index (χ1n) is 29.9. The molecule has 0 radical (unpaired) electrons. The molecule has 0 aliphatic carbocycles. The average Bonchev–Trinajstić information content (AvgIpc) is 3.33. The van der Waals surface area contributed by atoms with Crippen LogP contribution < -0.4 is 5.32 Å². The fourth-order valence-electron chi connectivity index (χ4n) is 10.1. The van der Waals surface area contributed by atoms with Crippen LogP contribution in [0.2, 0.25) is 0 Å². The van der Waals surface area contributed by atoms with Crippen molar-refractivity contribution in [3.8, 4) is 0 Å². The van der Waals surface area contributed by atoms with Crippen LogP contribution in [0.4, 0.5) is 0 Å². The van der Waals surface area contributed by atoms with Gasteiger partial charge in [-0.1, -0.05) is 284 Å². The summed E-state index contributed by atoms with van der Waals surface area (Å²) in [7, 11) is -5.08. The Morgan fingerprint density at radius 2 is 0.829 bits per heavy atom. The molecule has 1 heterocycles. The number of hydrogen-bond donors (Lipinski definition) is 6. The molecule has 1 amide bonds. The van der Waals surface area contributed by atoms with Crippen molar-refractivity contribution < 1.29 is 51.8 Å². The smallest absolute Gasteiger partial charge is 0.394 e. The third-order valence-corrected chi connectivity index (χ3v) is 15.1. The number of aliphatic hydroxyl groups is 4. The number of carbonyl (C=O) groups is 1. The van der Waals surface area contributed by atoms with Gasteiger partial charge >= 0.3 is 10.4 Å². The lowest BCUT2D eigenvalue weighted by Crippen LogP contribution is -2.61. The average molecular weight is 1020 g/mol. The molecule has 0 bridgehead atoms. The Labute approximate surface area is 430 Å². The lowest BCUT2D eigenvalue weighted by molar-refractivity contribution is -0.298. The first-order valence-corrected chi connectivity index (χ1v) is 31.3. The second-order valence-electron chi connectivity index (χ2n) is 21.3. The summed E-state index contributed by atoms with van der Waals surface area (Å²) in [6, 6.07) is -0.853. The molecule has 1 rings (SSSR count). The van der Waals surface area contributed by atoms with Crippen molar-refractivity contribution in [3.63, 3.8) is 0 Å². The standard InChI is InChI=1S/C57H113NO11S/c1-3-5-7-9-11-13-15-17-19-20-21-22-23-24-25-26-27-28-29-30-31-33-35-37-39-41-43-45-47-53(61)58-50(49-67-57-55(63)56(69-70(64,65)66)54(62)52(48-59)68-57)51(60)46-44-42-40-38-36-34-32-18-16-14-12-10-8-6-4-2/h50-52,54-57,59-60,62-63H,3-49H2,1-2H3,(H,58,61)(H,64,65,66). The van der Waals surface area contributed by atoms with Gasteiger partial charge in [-0.2, -0.15) is 8.42 Å². The molecule has 6 N–H and O–H groups in total. The maximum Gasteiger partial charge on any atom is 0.397 e. The molecule has 1 fully saturated rings. The van der Waals surface area contributed by atoms with Gasteiger partial charge in [-0.25, -0.2) is 4.18 Å². The summed E-state index contributed by atoms with van der Waals surface area (Å²) >= 11 is 0. The van der Waals surface area contributed by atoms with Crippen LogP contribution in [-0.2, 0) is 28.9 Å². The summed E-state index contributed by atoms with van der Waals surface area (Å²) in [5.41, 5.74) is 0. The molecule has 13 heteroatoms. The highest BCUT2D eigenvalue weighted by Crippen LogP contribution is 2.26. The number of nitrogens with one attached hydrogen (secondary N) is 1. The van der Waals surface area contributed by atoms with E-state index in [0.717, 1.165) is 51.4 Å². The number of aliphatic hydroxyl groups excluding tert-OH is 4. The number of amides is 1. The number of unbranched alkanes of at least 4 members (excludes halogenated alkanes) is 41. The molecule has 12 nitrogen and oxygen atoms in total. The zero-order valence-electron chi connectivity index (χ0n) is 45.4. The lowest BCUT2D eigenvalue weighted by atomic mass is 9.99. The quantitative estimate of drug-likeness (QED) is 0.0251. The summed E-state index contributed by atoms with van der Waals surface area (Å²) in [4.78, 5) is 13.1. The van der Waals surface area contributed by atoms with Crippen molar-refractivity contribution in [1.29, 1.82) is 0 Å². The van der Waals surface area contributed by atoms with Gasteiger partial charge in [0.05, 0.1) is 25.4 Å². The molecular weight excluding hydrogens is 907 g/mol. The third-order valence-electron chi connectivity index (χ3n) is 14.7. The summed E-state index contributed by atoms with van der Waals surface area (Å²) in [6.45, 7) is 3.50. The highest BCUT2D eigenvalue weighted by molar-refractivity contribution is 7.80. The zero-order valence-corrected chi connectivity index (χ0v) is 46.2. The van der Waals surface area contributed by atoms with E-state index in [2.05, 4.69) is 23.3 Å². The number of ether oxygens (including phenoxy) is 2. The predicted octanol–water partition coefficient (Wildman–Crippen LogP) is 14.1. The molecule has 7 atom stereocenters. The van der Waals surface area contributed by atoms with Crippen LogP contribution in [0.5, 0.6) is 0 Å². The molecule has 0 aromatic carbocycles. The van der Waals surface area contributed by atoms with E-state index in [4.69, 9.17) is 9.47 Å². The number of carbonyl (C=O) groups excluding carboxylic acids is 1. The van der Waals surface area contributed by atoms with Crippen molar-refractivity contribution in [2.75, 3.05) is 13.2 Å². The maximum atomic E-state index is 13.1. The van der Waals surface area contributed by atoms with Crippen LogP contribution >= 0.6 is 0 Å². The molecule has 7 unspecified atom stereocenters. The Hall–Kier alpha value is -0.900. The normalized spacial score (nSPS) is 19.4. The van der Waals surface area contributed by atoms with E-state index in [0.29, 0.717) is 12.8 Å². The molecule has 70 heavy (non-hydrogen) atoms. The van der Waals surface area contributed by atoms with Crippen molar-refractivity contribution in [1.82, 2.24) is 5.32 Å². The van der Waals surface area contributed by atoms with Gasteiger partial charge in [0.25, 0.3) is 0 Å². The molecule has 0 saturated carbocycles. The fourth-order valence-corrected chi connectivity index (χ4v) is 10.6. The van der Waals surface area contributed by atoms with Gasteiger partial charge in [0, 0.05) is 6.42 Å². The van der Waals surface area contributed by atoms with Gasteiger partial charge in [-0.3, -0.25) is 9.35 Å². The van der Waals surface area contributed by atoms with E-state index in [1.807, 2.05) is 0 Å². The first-order chi connectivity index (χ1) is 34.0. The minimum atomic E-state index is -5.08. The predicted molar refractivity (Wildman–Crippen MR) is 287 cm³/mol. The highest BCUT2D eigenvalue weighted by Gasteiger charge is 2.48. The molecule has 0 aromatic rings. The van der Waals surface area contributed by atoms with Crippen molar-refractivity contribution in [2.24, 2.45) is 0 Å². The van der Waals surface area contributed by atoms with Crippen molar-refractivity contribution in [3.05, 3.63) is 0 Å². The zero-order chi connectivity index (χ0) is 51.2. The highest BCUT2D eigenvalue weighted by atomic mass is 32.3. The summed E-state index contributed by atoms with van der Waals surface area (Å²) in [5, 5.41) is 45.1. The second-order valence-corrected chi connectivity index (χ2v) is 22.4. The summed E-state index contributed by atoms with van der Waals surface area (Å²) in [5.74, 6) is -0.222. The van der Waals surface area contributed by atoms with E-state index in [1.165, 1.54) is 225 Å². The Kier molecular flexibility index (Phi) is 45.8. The van der Waals surface area contributed by atoms with Gasteiger partial charge in [-0.05, 0) is 12.8 Å². The molecule has 1 aliphatic heterocycles. The van der Waals surface area contributed by atoms with Crippen LogP contribution in [0.25, 0.3) is 0 Å². The van der Waals surface area contributed by atoms with E-state index < -0.39 is 59.9 Å². The van der Waals surface area contributed by atoms with Gasteiger partial charge in [0.2, 0.25) is 5.91 Å². The van der Waals surface area contributed by atoms with Crippen molar-refractivity contribution in [2.45, 2.75) is 346 Å². The minimum Gasteiger partial charge on any atom is -0.394 e. The first kappa shape index (κ1) is 67.1. The molecular formula is C57H113NO11S. The van der Waals surface area contributed by atoms with E-state index >= 15 is 0 Å². The molecule has 0 spiro atoms. The van der Waals surface area contributed by atoms with Crippen LogP contribution in [0, 0.1) is 0 Å². The SMILES string of the molecule is CCCCCCCCCCCCCCCCCCCCCCCCCCCCCCC(=O)NC(COC1OC(CO)C(O)C(OS(=O)(=O)O)C1O)C(O)CCCCCCCCCCCCCCCCC. The monoisotopic (exact) mass is 1020 g/mol. The Morgan fingerprint density at radius 3 is 1.14 bits per heavy atom. The van der Waals surface area contributed by atoms with E-state index in [-0.39, 0.29) is 12.5 Å². The molecule has 1 aliphatic rings. The van der Waals surface area contributed by atoms with Crippen LogP contribution in [0.1, 0.15) is 303 Å². The molecule has 418 valence electrons. The van der Waals surface area contributed by atoms with E-state index in [1.54, 1.807) is 0 Å². The summed E-state index contributed by atoms with van der Waals surface area (Å²) in [6.07, 6.45) is 46.9. The minimum absolute atomic E-state index is 0.222. The molecule has 0 aromatic heterocycles. The Bertz CT molecular complexity index is 1240. The number of rotatable bonds is 53. The van der Waals surface area contributed by atoms with Crippen LogP contribution in [0.3, 0.4) is 0 Å². The third kappa shape index (κ3) is 39.5. The van der Waals surface area contributed by atoms with Gasteiger partial charge in [0.15, 0.2) is 6.29 Å². The Balaban J connectivity index is 2.26. The summed E-state index contributed by atoms with van der Waals surface area (Å²) < 4.78 is 47.9. The van der Waals surface area contributed by atoms with Gasteiger partial charge in [0.1, 0.15) is 24.4 Å².